The fraction of sp³-hybridized carbons (Fsp3) is 0.667. The van der Waals surface area contributed by atoms with Gasteiger partial charge >= 0.3 is 0 Å². The maximum absolute atomic E-state index is 6.22. The number of morpholine rings is 1. The van der Waals surface area contributed by atoms with Crippen LogP contribution < -0.4 is 10.6 Å². The molecule has 0 amide bonds. The van der Waals surface area contributed by atoms with Gasteiger partial charge in [0.2, 0.25) is 5.95 Å². The van der Waals surface area contributed by atoms with Crippen molar-refractivity contribution in [1.29, 1.82) is 0 Å². The van der Waals surface area contributed by atoms with Crippen molar-refractivity contribution in [1.82, 2.24) is 19.7 Å². The largest absolute Gasteiger partial charge is 0.383 e. The van der Waals surface area contributed by atoms with Gasteiger partial charge < -0.3 is 20.1 Å². The van der Waals surface area contributed by atoms with Crippen LogP contribution in [0.3, 0.4) is 0 Å². The number of nitrogens with two attached hydrogens (primary N) is 1. The number of hydrogen-bond donors (Lipinski definition) is 1. The molecule has 8 heteroatoms. The molecule has 2 atom stereocenters. The number of anilines is 2. The first kappa shape index (κ1) is 14.6. The molecule has 23 heavy (non-hydrogen) atoms. The lowest BCUT2D eigenvalue weighted by Gasteiger charge is -2.47. The normalized spacial score (nSPS) is 28.6. The third-order valence-electron chi connectivity index (χ3n) is 4.59. The second-order valence-electron chi connectivity index (χ2n) is 6.56. The Labute approximate surface area is 134 Å². The molecule has 2 aliphatic rings. The van der Waals surface area contributed by atoms with Crippen molar-refractivity contribution in [2.24, 2.45) is 7.05 Å². The third-order valence-corrected chi connectivity index (χ3v) is 4.59. The van der Waals surface area contributed by atoms with Crippen molar-refractivity contribution in [3.8, 4) is 0 Å². The van der Waals surface area contributed by atoms with Crippen LogP contribution in [0.5, 0.6) is 0 Å². The Bertz CT molecular complexity index is 724. The van der Waals surface area contributed by atoms with Crippen LogP contribution >= 0.6 is 0 Å². The number of nitrogens with zero attached hydrogens (tertiary/aromatic N) is 5. The van der Waals surface area contributed by atoms with Crippen molar-refractivity contribution >= 4 is 22.8 Å². The molecule has 2 aliphatic heterocycles. The molecule has 2 saturated heterocycles. The van der Waals surface area contributed by atoms with Crippen molar-refractivity contribution in [3.63, 3.8) is 0 Å². The van der Waals surface area contributed by atoms with Crippen molar-refractivity contribution < 1.29 is 9.47 Å². The predicted molar refractivity (Wildman–Crippen MR) is 86.3 cm³/mol. The summed E-state index contributed by atoms with van der Waals surface area (Å²) in [5.74, 6) is 1.10. The zero-order chi connectivity index (χ0) is 16.0. The molecule has 4 heterocycles. The molecule has 4 rings (SSSR count). The zero-order valence-electron chi connectivity index (χ0n) is 13.5. The number of hydrogen-bond acceptors (Lipinski definition) is 7. The van der Waals surface area contributed by atoms with Crippen LogP contribution in [-0.2, 0) is 16.5 Å². The third kappa shape index (κ3) is 2.51. The summed E-state index contributed by atoms with van der Waals surface area (Å²) in [6.45, 7) is 4.97. The van der Waals surface area contributed by atoms with Crippen molar-refractivity contribution in [2.75, 3.05) is 36.9 Å². The molecule has 0 radical (unpaired) electrons. The molecule has 2 aromatic rings. The minimum absolute atomic E-state index is 0.0949. The Morgan fingerprint density at radius 1 is 1.39 bits per heavy atom. The maximum Gasteiger partial charge on any atom is 0.229 e. The van der Waals surface area contributed by atoms with Crippen LogP contribution in [0.15, 0.2) is 6.20 Å². The van der Waals surface area contributed by atoms with Gasteiger partial charge in [0.05, 0.1) is 30.8 Å². The summed E-state index contributed by atoms with van der Waals surface area (Å²) in [4.78, 5) is 11.3. The van der Waals surface area contributed by atoms with Gasteiger partial charge in [-0.05, 0) is 19.8 Å². The number of ether oxygens (including phenoxy) is 2. The summed E-state index contributed by atoms with van der Waals surface area (Å²) < 4.78 is 13.6. The smallest absolute Gasteiger partial charge is 0.229 e. The van der Waals surface area contributed by atoms with Gasteiger partial charge in [0.1, 0.15) is 11.4 Å². The molecule has 0 aliphatic carbocycles. The Hall–Kier alpha value is -1.93. The van der Waals surface area contributed by atoms with Gasteiger partial charge in [-0.2, -0.15) is 15.1 Å². The van der Waals surface area contributed by atoms with Crippen LogP contribution in [-0.4, -0.2) is 57.8 Å². The Kier molecular flexibility index (Phi) is 3.38. The van der Waals surface area contributed by atoms with E-state index in [1.807, 2.05) is 7.05 Å². The highest BCUT2D eigenvalue weighted by molar-refractivity contribution is 5.86. The van der Waals surface area contributed by atoms with Gasteiger partial charge in [-0.15, -0.1) is 0 Å². The summed E-state index contributed by atoms with van der Waals surface area (Å²) in [6, 6.07) is 0. The van der Waals surface area contributed by atoms with Crippen LogP contribution in [0.25, 0.3) is 11.0 Å². The zero-order valence-corrected chi connectivity index (χ0v) is 13.5. The fourth-order valence-corrected chi connectivity index (χ4v) is 3.59. The Morgan fingerprint density at radius 3 is 3.04 bits per heavy atom. The molecular weight excluding hydrogens is 296 g/mol. The lowest BCUT2D eigenvalue weighted by molar-refractivity contribution is -0.160. The number of aromatic nitrogens is 4. The minimum atomic E-state index is -0.268. The van der Waals surface area contributed by atoms with E-state index in [2.05, 4.69) is 26.9 Å². The molecule has 0 aromatic carbocycles. The molecule has 1 spiro atoms. The van der Waals surface area contributed by atoms with Gasteiger partial charge in [0, 0.05) is 20.2 Å². The number of aryl methyl sites for hydroxylation is 1. The highest BCUT2D eigenvalue weighted by atomic mass is 16.6. The molecular formula is C15H22N6O2. The van der Waals surface area contributed by atoms with Crippen LogP contribution in [0.1, 0.15) is 19.8 Å². The highest BCUT2D eigenvalue weighted by Crippen LogP contribution is 2.32. The van der Waals surface area contributed by atoms with E-state index in [-0.39, 0.29) is 11.7 Å². The minimum Gasteiger partial charge on any atom is -0.383 e. The topological polar surface area (TPSA) is 91.3 Å². The fourth-order valence-electron chi connectivity index (χ4n) is 3.59. The molecule has 0 bridgehead atoms. The number of fused-ring (bicyclic) bond motifs is 1. The van der Waals surface area contributed by atoms with Crippen LogP contribution in [0.2, 0.25) is 0 Å². The SMILES string of the molecule is CC1CN(c2nc(N)c3cnn(C)c3n2)CC2(CCCOC2)O1. The second-order valence-corrected chi connectivity index (χ2v) is 6.56. The molecule has 2 unspecified atom stereocenters. The van der Waals surface area contributed by atoms with Gasteiger partial charge in [-0.25, -0.2) is 0 Å². The van der Waals surface area contributed by atoms with E-state index in [1.165, 1.54) is 0 Å². The average molecular weight is 318 g/mol. The number of nitrogen functional groups attached to an aromatic ring is 1. The first-order chi connectivity index (χ1) is 11.1. The summed E-state index contributed by atoms with van der Waals surface area (Å²) in [6.07, 6.45) is 3.81. The predicted octanol–water partition coefficient (Wildman–Crippen LogP) is 0.720. The molecule has 8 nitrogen and oxygen atoms in total. The van der Waals surface area contributed by atoms with Gasteiger partial charge in [0.15, 0.2) is 5.65 Å². The van der Waals surface area contributed by atoms with E-state index in [4.69, 9.17) is 15.2 Å². The van der Waals surface area contributed by atoms with E-state index in [9.17, 15) is 0 Å². The first-order valence-electron chi connectivity index (χ1n) is 8.02. The lowest BCUT2D eigenvalue weighted by Crippen LogP contribution is -2.59. The van der Waals surface area contributed by atoms with Gasteiger partial charge in [-0.3, -0.25) is 4.68 Å². The van der Waals surface area contributed by atoms with Gasteiger partial charge in [0.25, 0.3) is 0 Å². The Morgan fingerprint density at radius 2 is 2.26 bits per heavy atom. The van der Waals surface area contributed by atoms with Crippen LogP contribution in [0.4, 0.5) is 11.8 Å². The maximum atomic E-state index is 6.22. The lowest BCUT2D eigenvalue weighted by atomic mass is 9.93. The number of rotatable bonds is 1. The van der Waals surface area contributed by atoms with Crippen LogP contribution in [0, 0.1) is 0 Å². The van der Waals surface area contributed by atoms with E-state index in [0.29, 0.717) is 18.4 Å². The van der Waals surface area contributed by atoms with Crippen molar-refractivity contribution in [3.05, 3.63) is 6.20 Å². The molecule has 2 aromatic heterocycles. The molecule has 0 saturated carbocycles. The van der Waals surface area contributed by atoms with Gasteiger partial charge in [-0.1, -0.05) is 0 Å². The molecule has 2 fully saturated rings. The first-order valence-corrected chi connectivity index (χ1v) is 8.02. The highest BCUT2D eigenvalue weighted by Gasteiger charge is 2.42. The quantitative estimate of drug-likeness (QED) is 0.828. The summed E-state index contributed by atoms with van der Waals surface area (Å²) in [7, 11) is 1.86. The monoisotopic (exact) mass is 318 g/mol. The summed E-state index contributed by atoms with van der Waals surface area (Å²) >= 11 is 0. The second kappa shape index (κ2) is 5.31. The van der Waals surface area contributed by atoms with E-state index in [1.54, 1.807) is 10.9 Å². The van der Waals surface area contributed by atoms with E-state index < -0.39 is 0 Å². The van der Waals surface area contributed by atoms with E-state index >= 15 is 0 Å². The van der Waals surface area contributed by atoms with Crippen molar-refractivity contribution in [2.45, 2.75) is 31.5 Å². The molecule has 2 N–H and O–H groups in total. The van der Waals surface area contributed by atoms with E-state index in [0.717, 1.165) is 43.6 Å². The standard InChI is InChI=1S/C15H22N6O2/c1-10-7-21(8-15(23-10)4-3-5-22-9-15)14-18-12(16)11-6-17-20(2)13(11)19-14/h6,10H,3-5,7-9H2,1-2H3,(H2,16,18,19). The Balaban J connectivity index is 1.70. The molecule has 124 valence electrons. The summed E-state index contributed by atoms with van der Waals surface area (Å²) in [5.41, 5.74) is 6.58. The summed E-state index contributed by atoms with van der Waals surface area (Å²) in [5, 5.41) is 5.00. The average Bonchev–Trinajstić information content (AvgIpc) is 2.89.